The lowest BCUT2D eigenvalue weighted by molar-refractivity contribution is -0.147. The van der Waals surface area contributed by atoms with E-state index in [1.807, 2.05) is 0 Å². The second-order valence-electron chi connectivity index (χ2n) is 1.88. The molecule has 3 heteroatoms. The average Bonchev–Trinajstić information content (AvgIpc) is 1.63. The summed E-state index contributed by atoms with van der Waals surface area (Å²) in [6.07, 6.45) is -0.132. The second kappa shape index (κ2) is 4.32. The SMILES string of the molecule is COC[C@H](C)OC(C)=O. The van der Waals surface area contributed by atoms with E-state index in [9.17, 15) is 4.79 Å². The van der Waals surface area contributed by atoms with Gasteiger partial charge in [-0.2, -0.15) is 0 Å². The first-order valence-corrected chi connectivity index (χ1v) is 2.83. The van der Waals surface area contributed by atoms with Gasteiger partial charge < -0.3 is 9.47 Å². The fraction of sp³-hybridized carbons (Fsp3) is 0.833. The maximum atomic E-state index is 10.3. The lowest BCUT2D eigenvalue weighted by Gasteiger charge is -2.08. The molecular formula is C6H12O3. The normalized spacial score (nSPS) is 12.8. The molecule has 0 aliphatic carbocycles. The van der Waals surface area contributed by atoms with Crippen molar-refractivity contribution in [2.45, 2.75) is 20.0 Å². The lowest BCUT2D eigenvalue weighted by Crippen LogP contribution is -2.17. The van der Waals surface area contributed by atoms with Crippen molar-refractivity contribution < 1.29 is 14.3 Å². The first-order chi connectivity index (χ1) is 4.16. The quantitative estimate of drug-likeness (QED) is 0.527. The molecule has 0 rings (SSSR count). The highest BCUT2D eigenvalue weighted by atomic mass is 16.6. The Morgan fingerprint density at radius 3 is 2.56 bits per heavy atom. The summed E-state index contributed by atoms with van der Waals surface area (Å²) >= 11 is 0. The molecule has 1 atom stereocenters. The van der Waals surface area contributed by atoms with Gasteiger partial charge in [-0.05, 0) is 6.92 Å². The molecule has 0 aromatic carbocycles. The zero-order chi connectivity index (χ0) is 7.28. The number of esters is 1. The van der Waals surface area contributed by atoms with Crippen LogP contribution < -0.4 is 0 Å². The molecule has 0 heterocycles. The summed E-state index contributed by atoms with van der Waals surface area (Å²) in [4.78, 5) is 10.3. The van der Waals surface area contributed by atoms with Crippen molar-refractivity contribution in [3.8, 4) is 0 Å². The Bertz CT molecular complexity index is 90.3. The van der Waals surface area contributed by atoms with Crippen molar-refractivity contribution in [2.75, 3.05) is 13.7 Å². The Morgan fingerprint density at radius 1 is 1.67 bits per heavy atom. The third-order valence-electron chi connectivity index (χ3n) is 0.769. The highest BCUT2D eigenvalue weighted by molar-refractivity contribution is 5.66. The standard InChI is InChI=1S/C6H12O3/c1-5(4-8-3)9-6(2)7/h5H,4H2,1-3H3/t5-/m0/s1. The van der Waals surface area contributed by atoms with E-state index in [0.717, 1.165) is 0 Å². The molecule has 0 amide bonds. The van der Waals surface area contributed by atoms with E-state index < -0.39 is 0 Å². The smallest absolute Gasteiger partial charge is 0.302 e. The van der Waals surface area contributed by atoms with Gasteiger partial charge >= 0.3 is 5.97 Å². The molecule has 0 radical (unpaired) electrons. The summed E-state index contributed by atoms with van der Waals surface area (Å²) in [5.74, 6) is -0.264. The predicted octanol–water partition coefficient (Wildman–Crippen LogP) is 0.584. The third-order valence-corrected chi connectivity index (χ3v) is 0.769. The molecule has 0 saturated carbocycles. The maximum Gasteiger partial charge on any atom is 0.302 e. The molecule has 0 unspecified atom stereocenters. The zero-order valence-electron chi connectivity index (χ0n) is 6.01. The summed E-state index contributed by atoms with van der Waals surface area (Å²) in [6, 6.07) is 0. The topological polar surface area (TPSA) is 35.5 Å². The highest BCUT2D eigenvalue weighted by Crippen LogP contribution is 1.90. The molecule has 0 aromatic heterocycles. The molecule has 0 aliphatic heterocycles. The Morgan fingerprint density at radius 2 is 2.22 bits per heavy atom. The number of ether oxygens (including phenoxy) is 2. The van der Waals surface area contributed by atoms with Crippen LogP contribution in [0.2, 0.25) is 0 Å². The molecule has 0 aromatic rings. The van der Waals surface area contributed by atoms with Crippen LogP contribution in [0.1, 0.15) is 13.8 Å². The van der Waals surface area contributed by atoms with Gasteiger partial charge in [0.05, 0.1) is 6.61 Å². The highest BCUT2D eigenvalue weighted by Gasteiger charge is 2.02. The molecule has 0 N–H and O–H groups in total. The van der Waals surface area contributed by atoms with Crippen molar-refractivity contribution in [1.82, 2.24) is 0 Å². The van der Waals surface area contributed by atoms with Gasteiger partial charge in [0.25, 0.3) is 0 Å². The van der Waals surface area contributed by atoms with Crippen LogP contribution >= 0.6 is 0 Å². The van der Waals surface area contributed by atoms with Crippen LogP contribution in [0, 0.1) is 0 Å². The van der Waals surface area contributed by atoms with Gasteiger partial charge in [0.1, 0.15) is 6.10 Å². The lowest BCUT2D eigenvalue weighted by atomic mass is 10.4. The van der Waals surface area contributed by atoms with Gasteiger partial charge in [-0.15, -0.1) is 0 Å². The van der Waals surface area contributed by atoms with Crippen LogP contribution in [0.4, 0.5) is 0 Å². The van der Waals surface area contributed by atoms with E-state index >= 15 is 0 Å². The van der Waals surface area contributed by atoms with Crippen molar-refractivity contribution in [1.29, 1.82) is 0 Å². The number of methoxy groups -OCH3 is 1. The first kappa shape index (κ1) is 8.43. The molecule has 9 heavy (non-hydrogen) atoms. The molecule has 54 valence electrons. The summed E-state index contributed by atoms with van der Waals surface area (Å²) in [5, 5.41) is 0. The molecule has 0 aliphatic rings. The number of hydrogen-bond donors (Lipinski definition) is 0. The molecule has 0 bridgehead atoms. The summed E-state index contributed by atoms with van der Waals surface area (Å²) < 4.78 is 9.45. The Kier molecular flexibility index (Phi) is 4.05. The van der Waals surface area contributed by atoms with Gasteiger partial charge in [-0.1, -0.05) is 0 Å². The maximum absolute atomic E-state index is 10.3. The van der Waals surface area contributed by atoms with Crippen LogP contribution in [0.3, 0.4) is 0 Å². The van der Waals surface area contributed by atoms with Gasteiger partial charge in [-0.3, -0.25) is 4.79 Å². The van der Waals surface area contributed by atoms with Gasteiger partial charge in [0, 0.05) is 14.0 Å². The molecule has 0 spiro atoms. The van der Waals surface area contributed by atoms with Crippen LogP contribution in [0.5, 0.6) is 0 Å². The van der Waals surface area contributed by atoms with E-state index in [4.69, 9.17) is 9.47 Å². The summed E-state index contributed by atoms with van der Waals surface area (Å²) in [5.41, 5.74) is 0. The van der Waals surface area contributed by atoms with Crippen molar-refractivity contribution in [3.63, 3.8) is 0 Å². The first-order valence-electron chi connectivity index (χ1n) is 2.83. The van der Waals surface area contributed by atoms with Gasteiger partial charge in [-0.25, -0.2) is 0 Å². The Labute approximate surface area is 55.0 Å². The average molecular weight is 132 g/mol. The number of carbonyl (C=O) groups excluding carboxylic acids is 1. The van der Waals surface area contributed by atoms with E-state index in [-0.39, 0.29) is 12.1 Å². The molecule has 0 fully saturated rings. The number of carbonyl (C=O) groups is 1. The minimum atomic E-state index is -0.264. The monoisotopic (exact) mass is 132 g/mol. The Balaban J connectivity index is 3.26. The second-order valence-corrected chi connectivity index (χ2v) is 1.88. The number of hydrogen-bond acceptors (Lipinski definition) is 3. The van der Waals surface area contributed by atoms with E-state index in [1.165, 1.54) is 6.92 Å². The minimum Gasteiger partial charge on any atom is -0.460 e. The molecule has 0 saturated heterocycles. The third kappa shape index (κ3) is 5.30. The fourth-order valence-electron chi connectivity index (χ4n) is 0.552. The summed E-state index contributed by atoms with van der Waals surface area (Å²) in [7, 11) is 1.57. The van der Waals surface area contributed by atoms with E-state index in [2.05, 4.69) is 0 Å². The summed E-state index contributed by atoms with van der Waals surface area (Å²) in [6.45, 7) is 3.62. The molecule has 3 nitrogen and oxygen atoms in total. The minimum absolute atomic E-state index is 0.132. The zero-order valence-corrected chi connectivity index (χ0v) is 6.01. The van der Waals surface area contributed by atoms with Crippen LogP contribution in [0.15, 0.2) is 0 Å². The van der Waals surface area contributed by atoms with Crippen molar-refractivity contribution in [2.24, 2.45) is 0 Å². The predicted molar refractivity (Wildman–Crippen MR) is 33.1 cm³/mol. The van der Waals surface area contributed by atoms with Gasteiger partial charge in [0.2, 0.25) is 0 Å². The number of rotatable bonds is 3. The van der Waals surface area contributed by atoms with Crippen molar-refractivity contribution in [3.05, 3.63) is 0 Å². The van der Waals surface area contributed by atoms with E-state index in [1.54, 1.807) is 14.0 Å². The fourth-order valence-corrected chi connectivity index (χ4v) is 0.552. The van der Waals surface area contributed by atoms with Crippen LogP contribution in [0.25, 0.3) is 0 Å². The van der Waals surface area contributed by atoms with E-state index in [0.29, 0.717) is 6.61 Å². The molecular weight excluding hydrogens is 120 g/mol. The van der Waals surface area contributed by atoms with Crippen LogP contribution in [-0.2, 0) is 14.3 Å². The van der Waals surface area contributed by atoms with Gasteiger partial charge in [0.15, 0.2) is 0 Å². The van der Waals surface area contributed by atoms with Crippen molar-refractivity contribution >= 4 is 5.97 Å². The van der Waals surface area contributed by atoms with Crippen LogP contribution in [-0.4, -0.2) is 25.8 Å². The largest absolute Gasteiger partial charge is 0.460 e. The Hall–Kier alpha value is -0.570.